The van der Waals surface area contributed by atoms with Gasteiger partial charge in [0.15, 0.2) is 17.3 Å². The first kappa shape index (κ1) is 18.2. The van der Waals surface area contributed by atoms with E-state index in [2.05, 4.69) is 4.98 Å². The van der Waals surface area contributed by atoms with Crippen molar-refractivity contribution in [1.29, 1.82) is 0 Å². The lowest BCUT2D eigenvalue weighted by atomic mass is 10.0. The van der Waals surface area contributed by atoms with Crippen LogP contribution in [0.1, 0.15) is 28.9 Å². The van der Waals surface area contributed by atoms with Crippen LogP contribution in [0.25, 0.3) is 0 Å². The summed E-state index contributed by atoms with van der Waals surface area (Å²) in [5, 5.41) is 1.94. The summed E-state index contributed by atoms with van der Waals surface area (Å²) >= 11 is 1.52. The SMILES string of the molecule is COc1cc(C(=O)N2CCC3(CC2)OCCO3)ccc1OCc1cscn1. The van der Waals surface area contributed by atoms with Crippen LogP contribution in [0.3, 0.4) is 0 Å². The number of amides is 1. The molecule has 7 nitrogen and oxygen atoms in total. The van der Waals surface area contributed by atoms with Crippen molar-refractivity contribution in [1.82, 2.24) is 9.88 Å². The van der Waals surface area contributed by atoms with Crippen molar-refractivity contribution in [3.63, 3.8) is 0 Å². The van der Waals surface area contributed by atoms with E-state index in [0.717, 1.165) is 5.69 Å². The maximum absolute atomic E-state index is 12.9. The highest BCUT2D eigenvalue weighted by Crippen LogP contribution is 2.33. The molecule has 0 unspecified atom stereocenters. The number of piperidine rings is 1. The van der Waals surface area contributed by atoms with E-state index < -0.39 is 5.79 Å². The first-order chi connectivity index (χ1) is 13.2. The Morgan fingerprint density at radius 3 is 2.70 bits per heavy atom. The summed E-state index contributed by atoms with van der Waals surface area (Å²) in [6.45, 7) is 2.86. The average molecular weight is 390 g/mol. The van der Waals surface area contributed by atoms with Gasteiger partial charge in [-0.3, -0.25) is 4.79 Å². The fourth-order valence-corrected chi connectivity index (χ4v) is 3.94. The maximum atomic E-state index is 12.9. The van der Waals surface area contributed by atoms with Gasteiger partial charge in [0.25, 0.3) is 5.91 Å². The third-order valence-corrected chi connectivity index (χ3v) is 5.53. The van der Waals surface area contributed by atoms with Crippen molar-refractivity contribution < 1.29 is 23.7 Å². The molecule has 1 aromatic heterocycles. The second kappa shape index (κ2) is 7.84. The van der Waals surface area contributed by atoms with Crippen LogP contribution in [0.2, 0.25) is 0 Å². The van der Waals surface area contributed by atoms with E-state index in [9.17, 15) is 4.79 Å². The zero-order chi connectivity index (χ0) is 18.7. The molecule has 8 heteroatoms. The van der Waals surface area contributed by atoms with Gasteiger partial charge in [0.05, 0.1) is 31.5 Å². The molecule has 0 radical (unpaired) electrons. The van der Waals surface area contributed by atoms with Crippen molar-refractivity contribution in [2.45, 2.75) is 25.2 Å². The molecule has 144 valence electrons. The zero-order valence-corrected chi connectivity index (χ0v) is 16.0. The van der Waals surface area contributed by atoms with E-state index in [1.165, 1.54) is 11.3 Å². The van der Waals surface area contributed by atoms with Gasteiger partial charge >= 0.3 is 0 Å². The highest BCUT2D eigenvalue weighted by molar-refractivity contribution is 7.07. The molecule has 2 aliphatic heterocycles. The second-order valence-corrected chi connectivity index (χ2v) is 7.25. The molecule has 1 aromatic carbocycles. The monoisotopic (exact) mass is 390 g/mol. The van der Waals surface area contributed by atoms with Crippen molar-refractivity contribution in [2.75, 3.05) is 33.4 Å². The fraction of sp³-hybridized carbons (Fsp3) is 0.474. The number of carbonyl (C=O) groups is 1. The average Bonchev–Trinajstić information content (AvgIpc) is 3.39. The number of rotatable bonds is 5. The molecule has 1 amide bonds. The standard InChI is InChI=1S/C19H22N2O5S/c1-23-17-10-14(2-3-16(17)24-11-15-12-27-13-20-15)18(22)21-6-4-19(5-7-21)25-8-9-26-19/h2-3,10,12-13H,4-9,11H2,1H3. The minimum absolute atomic E-state index is 0.0211. The molecule has 27 heavy (non-hydrogen) atoms. The van der Waals surface area contributed by atoms with Gasteiger partial charge in [0, 0.05) is 36.9 Å². The van der Waals surface area contributed by atoms with Gasteiger partial charge in [-0.15, -0.1) is 11.3 Å². The summed E-state index contributed by atoms with van der Waals surface area (Å²) in [6, 6.07) is 5.27. The number of hydrogen-bond acceptors (Lipinski definition) is 7. The Bertz CT molecular complexity index is 779. The highest BCUT2D eigenvalue weighted by Gasteiger charge is 2.40. The molecule has 0 aliphatic carbocycles. The number of hydrogen-bond donors (Lipinski definition) is 0. The van der Waals surface area contributed by atoms with Gasteiger partial charge in [0.2, 0.25) is 0 Å². The van der Waals surface area contributed by atoms with Crippen molar-refractivity contribution in [2.24, 2.45) is 0 Å². The van der Waals surface area contributed by atoms with Crippen molar-refractivity contribution in [3.05, 3.63) is 40.3 Å². The Labute approximate surface area is 161 Å². The summed E-state index contributed by atoms with van der Waals surface area (Å²) in [4.78, 5) is 18.9. The number of benzene rings is 1. The molecule has 3 heterocycles. The van der Waals surface area contributed by atoms with Gasteiger partial charge in [-0.25, -0.2) is 4.98 Å². The number of carbonyl (C=O) groups excluding carboxylic acids is 1. The fourth-order valence-electron chi connectivity index (χ4n) is 3.40. The lowest BCUT2D eigenvalue weighted by molar-refractivity contribution is -0.181. The number of likely N-dealkylation sites (tertiary alicyclic amines) is 1. The summed E-state index contributed by atoms with van der Waals surface area (Å²) in [7, 11) is 1.57. The topological polar surface area (TPSA) is 70.1 Å². The van der Waals surface area contributed by atoms with E-state index in [1.807, 2.05) is 10.3 Å². The van der Waals surface area contributed by atoms with E-state index in [4.69, 9.17) is 18.9 Å². The molecule has 2 saturated heterocycles. The van der Waals surface area contributed by atoms with Gasteiger partial charge in [-0.1, -0.05) is 0 Å². The molecule has 2 aromatic rings. The Balaban J connectivity index is 1.41. The van der Waals surface area contributed by atoms with E-state index >= 15 is 0 Å². The molecular formula is C19H22N2O5S. The maximum Gasteiger partial charge on any atom is 0.253 e. The predicted molar refractivity (Wildman–Crippen MR) is 99.2 cm³/mol. The normalized spacial score (nSPS) is 18.6. The van der Waals surface area contributed by atoms with Crippen molar-refractivity contribution >= 4 is 17.2 Å². The quantitative estimate of drug-likeness (QED) is 0.782. The first-order valence-corrected chi connectivity index (χ1v) is 9.88. The third kappa shape index (κ3) is 3.92. The number of nitrogens with zero attached hydrogens (tertiary/aromatic N) is 2. The summed E-state index contributed by atoms with van der Waals surface area (Å²) in [5.74, 6) is 0.619. The van der Waals surface area contributed by atoms with Gasteiger partial charge < -0.3 is 23.8 Å². The second-order valence-electron chi connectivity index (χ2n) is 6.53. The molecule has 0 N–H and O–H groups in total. The summed E-state index contributed by atoms with van der Waals surface area (Å²) in [5.41, 5.74) is 3.21. The number of thiazole rings is 1. The molecule has 0 bridgehead atoms. The Morgan fingerprint density at radius 2 is 2.04 bits per heavy atom. The van der Waals surface area contributed by atoms with E-state index in [0.29, 0.717) is 62.8 Å². The largest absolute Gasteiger partial charge is 0.493 e. The summed E-state index contributed by atoms with van der Waals surface area (Å²) in [6.07, 6.45) is 1.40. The van der Waals surface area contributed by atoms with Crippen LogP contribution in [-0.2, 0) is 16.1 Å². The number of methoxy groups -OCH3 is 1. The number of aromatic nitrogens is 1. The van der Waals surface area contributed by atoms with Crippen LogP contribution in [-0.4, -0.2) is 55.0 Å². The Hall–Kier alpha value is -2.16. The van der Waals surface area contributed by atoms with Crippen LogP contribution >= 0.6 is 11.3 Å². The van der Waals surface area contributed by atoms with Crippen LogP contribution in [0.4, 0.5) is 0 Å². The predicted octanol–water partition coefficient (Wildman–Crippen LogP) is 2.71. The molecule has 2 fully saturated rings. The first-order valence-electron chi connectivity index (χ1n) is 8.94. The molecule has 0 atom stereocenters. The minimum Gasteiger partial charge on any atom is -0.493 e. The lowest BCUT2D eigenvalue weighted by Gasteiger charge is -2.37. The smallest absolute Gasteiger partial charge is 0.253 e. The minimum atomic E-state index is -0.484. The van der Waals surface area contributed by atoms with Crippen LogP contribution < -0.4 is 9.47 Å². The van der Waals surface area contributed by atoms with Gasteiger partial charge in [-0.2, -0.15) is 0 Å². The van der Waals surface area contributed by atoms with Gasteiger partial charge in [-0.05, 0) is 18.2 Å². The van der Waals surface area contributed by atoms with Crippen molar-refractivity contribution in [3.8, 4) is 11.5 Å². The molecule has 1 spiro atoms. The van der Waals surface area contributed by atoms with E-state index in [-0.39, 0.29) is 5.91 Å². The highest BCUT2D eigenvalue weighted by atomic mass is 32.1. The van der Waals surface area contributed by atoms with E-state index in [1.54, 1.807) is 30.8 Å². The third-order valence-electron chi connectivity index (χ3n) is 4.90. The molecule has 2 aliphatic rings. The summed E-state index contributed by atoms with van der Waals surface area (Å²) < 4.78 is 22.6. The Kier molecular flexibility index (Phi) is 5.29. The molecular weight excluding hydrogens is 368 g/mol. The van der Waals surface area contributed by atoms with Crippen LogP contribution in [0, 0.1) is 0 Å². The zero-order valence-electron chi connectivity index (χ0n) is 15.2. The van der Waals surface area contributed by atoms with Gasteiger partial charge in [0.1, 0.15) is 6.61 Å². The molecule has 4 rings (SSSR count). The number of ether oxygens (including phenoxy) is 4. The van der Waals surface area contributed by atoms with Crippen LogP contribution in [0.5, 0.6) is 11.5 Å². The molecule has 0 saturated carbocycles. The Morgan fingerprint density at radius 1 is 1.26 bits per heavy atom. The lowest BCUT2D eigenvalue weighted by Crippen LogP contribution is -2.47. The van der Waals surface area contributed by atoms with Crippen LogP contribution in [0.15, 0.2) is 29.1 Å².